The second-order valence-electron chi connectivity index (χ2n) is 9.95. The molecule has 1 N–H and O–H groups in total. The van der Waals surface area contributed by atoms with Gasteiger partial charge in [-0.15, -0.1) is 24.9 Å². The van der Waals surface area contributed by atoms with E-state index in [-0.39, 0.29) is 41.0 Å². The van der Waals surface area contributed by atoms with E-state index in [1.807, 2.05) is 0 Å². The number of β-amino-alcohol motifs (C(OH)–C–C–N with tert-alkyl or cyclic N) is 1. The van der Waals surface area contributed by atoms with Crippen molar-refractivity contribution in [1.82, 2.24) is 19.6 Å². The number of morpholine rings is 1. The van der Waals surface area contributed by atoms with Gasteiger partial charge in [0.25, 0.3) is 0 Å². The number of aliphatic hydroxyl groups excluding tert-OH is 1. The fraction of sp³-hybridized carbons (Fsp3) is 0.720. The highest BCUT2D eigenvalue weighted by Gasteiger charge is 2.75. The maximum atomic E-state index is 14.2. The number of aliphatic hydroxyl groups is 1. The molecule has 11 heteroatoms. The summed E-state index contributed by atoms with van der Waals surface area (Å²) < 4.78 is 4.72. The Hall–Kier alpha value is -1.40. The predicted octanol–water partition coefficient (Wildman–Crippen LogP) is 0.435. The first-order valence-electron chi connectivity index (χ1n) is 12.6. The van der Waals surface area contributed by atoms with Crippen LogP contribution in [0.25, 0.3) is 0 Å². The van der Waals surface area contributed by atoms with Crippen molar-refractivity contribution < 1.29 is 24.2 Å². The lowest BCUT2D eigenvalue weighted by molar-refractivity contribution is -0.144. The van der Waals surface area contributed by atoms with Crippen LogP contribution in [0.4, 0.5) is 0 Å². The third-order valence-electron chi connectivity index (χ3n) is 7.88. The standard InChI is InChI=1S/C25H37BrN4O5S/c1-4-6-27(3)22(32)18-19-23(33)30(10-13-31)21(25(19)16-17(26)20(18)36-25)24(34)29(7-5-2)9-8-28-11-14-35-15-12-28/h4-5,17-21,31H,1-2,6-16H2,3H3/t17?,18-,19-,20-,21?,25?/m0/s1. The van der Waals surface area contributed by atoms with Crippen LogP contribution in [0.15, 0.2) is 25.3 Å². The van der Waals surface area contributed by atoms with E-state index in [1.54, 1.807) is 45.7 Å². The molecule has 4 heterocycles. The summed E-state index contributed by atoms with van der Waals surface area (Å²) in [5.74, 6) is -1.54. The van der Waals surface area contributed by atoms with Gasteiger partial charge in [0.2, 0.25) is 17.7 Å². The lowest BCUT2D eigenvalue weighted by Crippen LogP contribution is -2.57. The fourth-order valence-corrected chi connectivity index (χ4v) is 9.88. The molecule has 4 saturated heterocycles. The molecule has 200 valence electrons. The van der Waals surface area contributed by atoms with Gasteiger partial charge in [-0.1, -0.05) is 28.1 Å². The number of alkyl halides is 1. The number of hydrogen-bond donors (Lipinski definition) is 1. The zero-order valence-electron chi connectivity index (χ0n) is 20.9. The fourth-order valence-electron chi connectivity index (χ4n) is 6.28. The Balaban J connectivity index is 1.64. The van der Waals surface area contributed by atoms with Gasteiger partial charge in [-0.3, -0.25) is 19.3 Å². The molecular formula is C25H37BrN4O5S. The number of likely N-dealkylation sites (N-methyl/N-ethyl adjacent to an activating group) is 1. The number of halogens is 1. The monoisotopic (exact) mass is 584 g/mol. The van der Waals surface area contributed by atoms with Crippen molar-refractivity contribution in [3.63, 3.8) is 0 Å². The number of fused-ring (bicyclic) bond motifs is 1. The van der Waals surface area contributed by atoms with Crippen molar-refractivity contribution in [2.75, 3.05) is 72.7 Å². The molecule has 0 saturated carbocycles. The van der Waals surface area contributed by atoms with Crippen LogP contribution in [0.1, 0.15) is 6.42 Å². The summed E-state index contributed by atoms with van der Waals surface area (Å²) in [6, 6.07) is -0.732. The smallest absolute Gasteiger partial charge is 0.247 e. The number of likely N-dealkylation sites (tertiary alicyclic amines) is 1. The average Bonchev–Trinajstić information content (AvgIpc) is 3.45. The Morgan fingerprint density at radius 3 is 2.56 bits per heavy atom. The zero-order valence-corrected chi connectivity index (χ0v) is 23.3. The summed E-state index contributed by atoms with van der Waals surface area (Å²) in [5.41, 5.74) is 0. The zero-order chi connectivity index (χ0) is 26.0. The minimum absolute atomic E-state index is 0.0169. The van der Waals surface area contributed by atoms with Crippen LogP contribution in [-0.4, -0.2) is 136 Å². The molecule has 0 radical (unpaired) electrons. The van der Waals surface area contributed by atoms with Crippen molar-refractivity contribution in [1.29, 1.82) is 0 Å². The number of nitrogens with zero attached hydrogens (tertiary/aromatic N) is 4. The Bertz CT molecular complexity index is 887. The molecule has 0 aromatic heterocycles. The molecule has 2 bridgehead atoms. The van der Waals surface area contributed by atoms with Crippen LogP contribution in [0.2, 0.25) is 0 Å². The van der Waals surface area contributed by atoms with Gasteiger partial charge in [0.15, 0.2) is 0 Å². The summed E-state index contributed by atoms with van der Waals surface area (Å²) >= 11 is 5.40. The second-order valence-corrected chi connectivity index (χ2v) is 12.7. The summed E-state index contributed by atoms with van der Waals surface area (Å²) in [6.07, 6.45) is 4.00. The first-order chi connectivity index (χ1) is 17.3. The number of amides is 3. The lowest BCUT2D eigenvalue weighted by Gasteiger charge is -2.38. The van der Waals surface area contributed by atoms with E-state index in [2.05, 4.69) is 34.0 Å². The Morgan fingerprint density at radius 2 is 1.92 bits per heavy atom. The van der Waals surface area contributed by atoms with Crippen LogP contribution in [0, 0.1) is 11.8 Å². The summed E-state index contributed by atoms with van der Waals surface area (Å²) in [7, 11) is 1.72. The molecule has 0 aromatic rings. The Morgan fingerprint density at radius 1 is 1.22 bits per heavy atom. The van der Waals surface area contributed by atoms with Gasteiger partial charge in [-0.05, 0) is 6.42 Å². The number of carbonyl (C=O) groups excluding carboxylic acids is 3. The van der Waals surface area contributed by atoms with Crippen molar-refractivity contribution in [3.8, 4) is 0 Å². The van der Waals surface area contributed by atoms with Gasteiger partial charge in [0.05, 0.1) is 36.4 Å². The number of hydrogen-bond acceptors (Lipinski definition) is 7. The van der Waals surface area contributed by atoms with Crippen molar-refractivity contribution >= 4 is 45.4 Å². The number of thioether (sulfide) groups is 1. The minimum atomic E-state index is -0.732. The van der Waals surface area contributed by atoms with Crippen LogP contribution >= 0.6 is 27.7 Å². The van der Waals surface area contributed by atoms with E-state index in [9.17, 15) is 19.5 Å². The summed E-state index contributed by atoms with van der Waals surface area (Å²) in [4.78, 5) is 48.8. The highest BCUT2D eigenvalue weighted by Crippen LogP contribution is 2.68. The Kier molecular flexibility index (Phi) is 8.87. The molecule has 4 aliphatic heterocycles. The molecule has 0 aliphatic carbocycles. The van der Waals surface area contributed by atoms with E-state index in [4.69, 9.17) is 4.74 Å². The number of ether oxygens (including phenoxy) is 1. The molecule has 0 aromatic carbocycles. The second kappa shape index (κ2) is 11.6. The molecular weight excluding hydrogens is 548 g/mol. The van der Waals surface area contributed by atoms with Crippen LogP contribution < -0.4 is 0 Å². The maximum Gasteiger partial charge on any atom is 0.247 e. The minimum Gasteiger partial charge on any atom is -0.395 e. The highest BCUT2D eigenvalue weighted by molar-refractivity contribution is 9.09. The van der Waals surface area contributed by atoms with Crippen molar-refractivity contribution in [3.05, 3.63) is 25.3 Å². The number of carbonyl (C=O) groups is 3. The maximum absolute atomic E-state index is 14.2. The molecule has 4 rings (SSSR count). The molecule has 6 atom stereocenters. The van der Waals surface area contributed by atoms with Gasteiger partial charge in [-0.25, -0.2) is 0 Å². The van der Waals surface area contributed by atoms with E-state index < -0.39 is 22.6 Å². The van der Waals surface area contributed by atoms with E-state index >= 15 is 0 Å². The highest BCUT2D eigenvalue weighted by atomic mass is 79.9. The molecule has 4 aliphatic rings. The molecule has 9 nitrogen and oxygen atoms in total. The van der Waals surface area contributed by atoms with E-state index in [0.717, 1.165) is 13.1 Å². The van der Waals surface area contributed by atoms with Gasteiger partial charge in [-0.2, -0.15) is 0 Å². The lowest BCUT2D eigenvalue weighted by atomic mass is 9.70. The first-order valence-corrected chi connectivity index (χ1v) is 14.4. The topological polar surface area (TPSA) is 93.6 Å². The SMILES string of the molecule is C=CCN(C)C(=O)[C@H]1[C@H]2C(=O)N(CCO)C(C(=O)N(CC=C)CCN3CCOCC3)C23CC(Br)[C@@H]1S3. The molecule has 3 amide bonds. The van der Waals surface area contributed by atoms with Crippen LogP contribution in [0.5, 0.6) is 0 Å². The molecule has 1 spiro atoms. The molecule has 36 heavy (non-hydrogen) atoms. The van der Waals surface area contributed by atoms with Crippen molar-refractivity contribution in [2.24, 2.45) is 11.8 Å². The normalized spacial score (nSPS) is 33.5. The first kappa shape index (κ1) is 27.6. The summed E-state index contributed by atoms with van der Waals surface area (Å²) in [5, 5.41) is 9.73. The molecule has 4 fully saturated rings. The van der Waals surface area contributed by atoms with E-state index in [1.165, 1.54) is 0 Å². The van der Waals surface area contributed by atoms with Gasteiger partial charge in [0.1, 0.15) is 6.04 Å². The third kappa shape index (κ3) is 4.77. The number of rotatable bonds is 11. The Labute approximate surface area is 226 Å². The van der Waals surface area contributed by atoms with Crippen molar-refractivity contribution in [2.45, 2.75) is 27.3 Å². The van der Waals surface area contributed by atoms with Gasteiger partial charge < -0.3 is 24.5 Å². The van der Waals surface area contributed by atoms with Crippen LogP contribution in [-0.2, 0) is 19.1 Å². The molecule has 3 unspecified atom stereocenters. The van der Waals surface area contributed by atoms with E-state index in [0.29, 0.717) is 45.8 Å². The third-order valence-corrected chi connectivity index (χ3v) is 11.1. The van der Waals surface area contributed by atoms with Crippen LogP contribution in [0.3, 0.4) is 0 Å². The largest absolute Gasteiger partial charge is 0.395 e. The van der Waals surface area contributed by atoms with Gasteiger partial charge >= 0.3 is 0 Å². The quantitative estimate of drug-likeness (QED) is 0.278. The average molecular weight is 586 g/mol. The summed E-state index contributed by atoms with van der Waals surface area (Å²) in [6.45, 7) is 12.4. The predicted molar refractivity (Wildman–Crippen MR) is 143 cm³/mol. The van der Waals surface area contributed by atoms with Gasteiger partial charge in [0, 0.05) is 62.9 Å².